The van der Waals surface area contributed by atoms with Crippen molar-refractivity contribution in [3.63, 3.8) is 0 Å². The molecular formula is C20H19NO3. The molecule has 0 spiro atoms. The van der Waals surface area contributed by atoms with Gasteiger partial charge in [0.2, 0.25) is 0 Å². The van der Waals surface area contributed by atoms with E-state index < -0.39 is 0 Å². The van der Waals surface area contributed by atoms with Crippen LogP contribution in [-0.4, -0.2) is 30.0 Å². The molecule has 1 amide bonds. The molecule has 0 radical (unpaired) electrons. The second-order valence-corrected chi connectivity index (χ2v) is 6.08. The van der Waals surface area contributed by atoms with Gasteiger partial charge in [-0.25, -0.2) is 0 Å². The molecular weight excluding hydrogens is 302 g/mol. The highest BCUT2D eigenvalue weighted by Crippen LogP contribution is 2.25. The first kappa shape index (κ1) is 14.8. The molecule has 1 aliphatic rings. The fourth-order valence-corrected chi connectivity index (χ4v) is 3.05. The zero-order valence-electron chi connectivity index (χ0n) is 13.6. The number of rotatable bonds is 4. The van der Waals surface area contributed by atoms with Gasteiger partial charge in [-0.2, -0.15) is 0 Å². The lowest BCUT2D eigenvalue weighted by Crippen LogP contribution is -2.56. The fourth-order valence-electron chi connectivity index (χ4n) is 3.05. The van der Waals surface area contributed by atoms with E-state index in [1.807, 2.05) is 47.4 Å². The summed E-state index contributed by atoms with van der Waals surface area (Å²) in [6.07, 6.45) is 2.65. The summed E-state index contributed by atoms with van der Waals surface area (Å²) in [5.74, 6) is 0.971. The van der Waals surface area contributed by atoms with Crippen LogP contribution < -0.4 is 4.74 Å². The number of hydrogen-bond acceptors (Lipinski definition) is 3. The Morgan fingerprint density at radius 2 is 2.04 bits per heavy atom. The molecule has 2 aromatic carbocycles. The molecule has 0 unspecified atom stereocenters. The Kier molecular flexibility index (Phi) is 3.73. The second-order valence-electron chi connectivity index (χ2n) is 6.08. The standard InChI is InChI=1S/C20H19NO3/c1-2-14-5-3-4-6-19(14)24-17-12-21(13-17)20(22)16-7-8-18-15(11-16)9-10-23-18/h3-11,17H,2,12-13H2,1H3. The van der Waals surface area contributed by atoms with E-state index in [1.54, 1.807) is 6.26 Å². The van der Waals surface area contributed by atoms with E-state index in [0.29, 0.717) is 18.7 Å². The van der Waals surface area contributed by atoms with Gasteiger partial charge < -0.3 is 14.1 Å². The van der Waals surface area contributed by atoms with Crippen molar-refractivity contribution >= 4 is 16.9 Å². The minimum atomic E-state index is 0.0433. The zero-order chi connectivity index (χ0) is 16.5. The lowest BCUT2D eigenvalue weighted by molar-refractivity contribution is 0.0175. The molecule has 1 aliphatic heterocycles. The van der Waals surface area contributed by atoms with Gasteiger partial charge in [0.25, 0.3) is 5.91 Å². The third-order valence-electron chi connectivity index (χ3n) is 4.48. The summed E-state index contributed by atoms with van der Waals surface area (Å²) in [5.41, 5.74) is 2.69. The van der Waals surface area contributed by atoms with Crippen LogP contribution in [-0.2, 0) is 6.42 Å². The van der Waals surface area contributed by atoms with E-state index in [1.165, 1.54) is 5.56 Å². The molecule has 2 heterocycles. The van der Waals surface area contributed by atoms with Crippen LogP contribution in [0.25, 0.3) is 11.0 Å². The number of aryl methyl sites for hydroxylation is 1. The van der Waals surface area contributed by atoms with Gasteiger partial charge >= 0.3 is 0 Å². The van der Waals surface area contributed by atoms with Crippen molar-refractivity contribution in [2.24, 2.45) is 0 Å². The van der Waals surface area contributed by atoms with Crippen molar-refractivity contribution in [3.05, 3.63) is 65.9 Å². The second kappa shape index (κ2) is 6.04. The first-order chi connectivity index (χ1) is 11.7. The molecule has 0 aliphatic carbocycles. The third-order valence-corrected chi connectivity index (χ3v) is 4.48. The summed E-state index contributed by atoms with van der Waals surface area (Å²) in [4.78, 5) is 14.4. The summed E-state index contributed by atoms with van der Waals surface area (Å²) >= 11 is 0. The van der Waals surface area contributed by atoms with Crippen molar-refractivity contribution in [2.75, 3.05) is 13.1 Å². The Morgan fingerprint density at radius 3 is 2.88 bits per heavy atom. The summed E-state index contributed by atoms with van der Waals surface area (Å²) in [5, 5.41) is 0.950. The molecule has 4 heteroatoms. The lowest BCUT2D eigenvalue weighted by atomic mass is 10.1. The number of hydrogen-bond donors (Lipinski definition) is 0. The highest BCUT2D eigenvalue weighted by Gasteiger charge is 2.33. The largest absolute Gasteiger partial charge is 0.486 e. The van der Waals surface area contributed by atoms with Crippen molar-refractivity contribution in [3.8, 4) is 5.75 Å². The van der Waals surface area contributed by atoms with Crippen LogP contribution in [0.5, 0.6) is 5.75 Å². The molecule has 0 atom stereocenters. The number of carbonyl (C=O) groups is 1. The summed E-state index contributed by atoms with van der Waals surface area (Å²) in [6, 6.07) is 15.5. The number of carbonyl (C=O) groups excluding carboxylic acids is 1. The normalized spacial score (nSPS) is 14.6. The third kappa shape index (κ3) is 2.64. The molecule has 0 N–H and O–H groups in total. The van der Waals surface area contributed by atoms with E-state index in [9.17, 15) is 4.79 Å². The summed E-state index contributed by atoms with van der Waals surface area (Å²) < 4.78 is 11.4. The number of para-hydroxylation sites is 1. The fraction of sp³-hybridized carbons (Fsp3) is 0.250. The predicted octanol–water partition coefficient (Wildman–Crippen LogP) is 3.90. The first-order valence-electron chi connectivity index (χ1n) is 8.25. The van der Waals surface area contributed by atoms with Crippen LogP contribution in [0.15, 0.2) is 59.2 Å². The first-order valence-corrected chi connectivity index (χ1v) is 8.25. The molecule has 122 valence electrons. The van der Waals surface area contributed by atoms with Gasteiger partial charge in [0.15, 0.2) is 0 Å². The lowest BCUT2D eigenvalue weighted by Gasteiger charge is -2.39. The highest BCUT2D eigenvalue weighted by atomic mass is 16.5. The molecule has 4 rings (SSSR count). The van der Waals surface area contributed by atoms with Gasteiger partial charge in [-0.15, -0.1) is 0 Å². The Morgan fingerprint density at radius 1 is 1.21 bits per heavy atom. The maximum Gasteiger partial charge on any atom is 0.254 e. The number of amides is 1. The van der Waals surface area contributed by atoms with E-state index in [0.717, 1.165) is 23.1 Å². The van der Waals surface area contributed by atoms with Gasteiger partial charge in [0, 0.05) is 10.9 Å². The van der Waals surface area contributed by atoms with Gasteiger partial charge in [0.1, 0.15) is 17.4 Å². The van der Waals surface area contributed by atoms with E-state index >= 15 is 0 Å². The van der Waals surface area contributed by atoms with Crippen molar-refractivity contribution in [1.29, 1.82) is 0 Å². The zero-order valence-corrected chi connectivity index (χ0v) is 13.6. The van der Waals surface area contributed by atoms with Crippen LogP contribution in [0.2, 0.25) is 0 Å². The average Bonchev–Trinajstić information content (AvgIpc) is 3.05. The van der Waals surface area contributed by atoms with Crippen LogP contribution in [0.3, 0.4) is 0 Å². The topological polar surface area (TPSA) is 42.7 Å². The summed E-state index contributed by atoms with van der Waals surface area (Å²) in [7, 11) is 0. The SMILES string of the molecule is CCc1ccccc1OC1CN(C(=O)c2ccc3occc3c2)C1. The predicted molar refractivity (Wildman–Crippen MR) is 92.4 cm³/mol. The van der Waals surface area contributed by atoms with E-state index in [2.05, 4.69) is 13.0 Å². The Hall–Kier alpha value is -2.75. The quantitative estimate of drug-likeness (QED) is 0.732. The Balaban J connectivity index is 1.40. The molecule has 0 saturated carbocycles. The van der Waals surface area contributed by atoms with Crippen molar-refractivity contribution in [2.45, 2.75) is 19.4 Å². The maximum absolute atomic E-state index is 12.6. The number of benzene rings is 2. The Labute approximate surface area is 140 Å². The van der Waals surface area contributed by atoms with E-state index in [-0.39, 0.29) is 12.0 Å². The van der Waals surface area contributed by atoms with Crippen molar-refractivity contribution in [1.82, 2.24) is 4.90 Å². The number of nitrogens with zero attached hydrogens (tertiary/aromatic N) is 1. The number of likely N-dealkylation sites (tertiary alicyclic amines) is 1. The molecule has 3 aromatic rings. The van der Waals surface area contributed by atoms with Crippen LogP contribution in [0, 0.1) is 0 Å². The summed E-state index contributed by atoms with van der Waals surface area (Å²) in [6.45, 7) is 3.37. The maximum atomic E-state index is 12.6. The van der Waals surface area contributed by atoms with Gasteiger partial charge in [0.05, 0.1) is 19.4 Å². The molecule has 1 saturated heterocycles. The van der Waals surface area contributed by atoms with E-state index in [4.69, 9.17) is 9.15 Å². The minimum absolute atomic E-state index is 0.0433. The molecule has 1 aromatic heterocycles. The monoisotopic (exact) mass is 321 g/mol. The van der Waals surface area contributed by atoms with Crippen molar-refractivity contribution < 1.29 is 13.9 Å². The Bertz CT molecular complexity index is 877. The number of fused-ring (bicyclic) bond motifs is 1. The van der Waals surface area contributed by atoms with Crippen LogP contribution in [0.1, 0.15) is 22.8 Å². The van der Waals surface area contributed by atoms with Gasteiger partial charge in [-0.1, -0.05) is 25.1 Å². The average molecular weight is 321 g/mol. The molecule has 1 fully saturated rings. The molecule has 0 bridgehead atoms. The van der Waals surface area contributed by atoms with Crippen LogP contribution in [0.4, 0.5) is 0 Å². The highest BCUT2D eigenvalue weighted by molar-refractivity contribution is 5.98. The van der Waals surface area contributed by atoms with Gasteiger partial charge in [-0.05, 0) is 42.3 Å². The smallest absolute Gasteiger partial charge is 0.254 e. The number of furan rings is 1. The minimum Gasteiger partial charge on any atom is -0.486 e. The molecule has 4 nitrogen and oxygen atoms in total. The number of ether oxygens (including phenoxy) is 1. The van der Waals surface area contributed by atoms with Gasteiger partial charge in [-0.3, -0.25) is 4.79 Å². The molecule has 24 heavy (non-hydrogen) atoms. The van der Waals surface area contributed by atoms with Crippen LogP contribution >= 0.6 is 0 Å².